The molecule has 0 unspecified atom stereocenters. The fourth-order valence-electron chi connectivity index (χ4n) is 3.68. The van der Waals surface area contributed by atoms with Crippen molar-refractivity contribution in [1.82, 2.24) is 0 Å². The van der Waals surface area contributed by atoms with Crippen molar-refractivity contribution in [3.63, 3.8) is 0 Å². The van der Waals surface area contributed by atoms with Gasteiger partial charge in [-0.3, -0.25) is 4.79 Å². The lowest BCUT2D eigenvalue weighted by Gasteiger charge is -2.33. The van der Waals surface area contributed by atoms with Crippen LogP contribution in [-0.2, 0) is 13.2 Å². The lowest BCUT2D eigenvalue weighted by molar-refractivity contribution is -0.915. The highest BCUT2D eigenvalue weighted by Crippen LogP contribution is 2.19. The molecule has 0 spiro atoms. The molecule has 31 heavy (non-hydrogen) atoms. The summed E-state index contributed by atoms with van der Waals surface area (Å²) < 4.78 is 29.4. The number of hydrogen-bond donors (Lipinski definition) is 1. The Morgan fingerprint density at radius 2 is 1.77 bits per heavy atom. The average molecular weight is 425 g/mol. The molecule has 0 atom stereocenters. The van der Waals surface area contributed by atoms with Gasteiger partial charge in [0.05, 0.1) is 33.3 Å². The van der Waals surface area contributed by atoms with Crippen molar-refractivity contribution in [3.05, 3.63) is 88.2 Å². The van der Waals surface area contributed by atoms with Crippen molar-refractivity contribution in [2.45, 2.75) is 13.2 Å². The maximum atomic E-state index is 13.0. The number of quaternary nitrogens is 1. The summed E-state index contributed by atoms with van der Waals surface area (Å²) in [4.78, 5) is 16.1. The van der Waals surface area contributed by atoms with Crippen molar-refractivity contribution in [1.29, 1.82) is 0 Å². The minimum Gasteiger partial charge on any atom is -0.497 e. The molecule has 1 fully saturated rings. The van der Waals surface area contributed by atoms with Crippen LogP contribution in [0, 0.1) is 5.82 Å². The van der Waals surface area contributed by atoms with Gasteiger partial charge in [-0.15, -0.1) is 0 Å². The number of methoxy groups -OCH3 is 1. The molecule has 0 saturated carbocycles. The van der Waals surface area contributed by atoms with Gasteiger partial charge in [-0.2, -0.15) is 0 Å². The SMILES string of the molecule is COc1ccc(N2CC[NH+](Cc3cc(=O)c(OCc4ccc(F)cc4)co3)CC2)cc1. The van der Waals surface area contributed by atoms with Crippen LogP contribution in [0.1, 0.15) is 11.3 Å². The van der Waals surface area contributed by atoms with Gasteiger partial charge in [-0.1, -0.05) is 12.1 Å². The summed E-state index contributed by atoms with van der Waals surface area (Å²) in [6.45, 7) is 4.62. The van der Waals surface area contributed by atoms with Gasteiger partial charge in [0.25, 0.3) is 0 Å². The first kappa shape index (κ1) is 20.9. The standard InChI is InChI=1S/C24H25FN2O4/c1-29-21-8-6-20(7-9-21)27-12-10-26(11-13-27)15-22-14-23(28)24(17-30-22)31-16-18-2-4-19(25)5-3-18/h2-9,14,17H,10-13,15-16H2,1H3/p+1. The number of benzene rings is 2. The molecule has 0 amide bonds. The molecular formula is C24H26FN2O4+. The summed E-state index contributed by atoms with van der Waals surface area (Å²) in [7, 11) is 1.67. The smallest absolute Gasteiger partial charge is 0.227 e. The molecule has 2 aromatic carbocycles. The van der Waals surface area contributed by atoms with E-state index in [0.29, 0.717) is 12.3 Å². The fraction of sp³-hybridized carbons (Fsp3) is 0.292. The topological polar surface area (TPSA) is 56.4 Å². The number of ether oxygens (including phenoxy) is 2. The minimum atomic E-state index is -0.306. The molecule has 0 radical (unpaired) electrons. The largest absolute Gasteiger partial charge is 0.497 e. The Morgan fingerprint density at radius 1 is 1.06 bits per heavy atom. The second kappa shape index (κ2) is 9.66. The molecule has 0 aliphatic carbocycles. The number of halogens is 1. The molecule has 1 aliphatic heterocycles. The number of anilines is 1. The van der Waals surface area contributed by atoms with E-state index in [4.69, 9.17) is 13.9 Å². The Labute approximate surface area is 180 Å². The lowest BCUT2D eigenvalue weighted by Crippen LogP contribution is -3.13. The van der Waals surface area contributed by atoms with Crippen LogP contribution in [0.2, 0.25) is 0 Å². The van der Waals surface area contributed by atoms with Gasteiger partial charge < -0.3 is 23.7 Å². The van der Waals surface area contributed by atoms with Crippen molar-refractivity contribution in [2.75, 3.05) is 38.2 Å². The number of hydrogen-bond acceptors (Lipinski definition) is 5. The first-order chi connectivity index (χ1) is 15.1. The molecule has 0 bridgehead atoms. The van der Waals surface area contributed by atoms with Crippen LogP contribution >= 0.6 is 0 Å². The maximum Gasteiger partial charge on any atom is 0.227 e. The highest BCUT2D eigenvalue weighted by atomic mass is 19.1. The quantitative estimate of drug-likeness (QED) is 0.630. The zero-order valence-electron chi connectivity index (χ0n) is 17.5. The van der Waals surface area contributed by atoms with E-state index >= 15 is 0 Å². The Balaban J connectivity index is 1.29. The zero-order chi connectivity index (χ0) is 21.6. The molecule has 162 valence electrons. The van der Waals surface area contributed by atoms with Crippen LogP contribution in [0.4, 0.5) is 10.1 Å². The molecule has 6 nitrogen and oxygen atoms in total. The third-order valence-electron chi connectivity index (χ3n) is 5.49. The molecular weight excluding hydrogens is 399 g/mol. The predicted molar refractivity (Wildman–Crippen MR) is 115 cm³/mol. The average Bonchev–Trinajstić information content (AvgIpc) is 2.80. The van der Waals surface area contributed by atoms with Crippen molar-refractivity contribution in [2.24, 2.45) is 0 Å². The second-order valence-corrected chi connectivity index (χ2v) is 7.60. The Morgan fingerprint density at radius 3 is 2.42 bits per heavy atom. The van der Waals surface area contributed by atoms with E-state index in [0.717, 1.165) is 37.5 Å². The molecule has 2 heterocycles. The normalized spacial score (nSPS) is 14.5. The highest BCUT2D eigenvalue weighted by Gasteiger charge is 2.21. The van der Waals surface area contributed by atoms with E-state index in [2.05, 4.69) is 17.0 Å². The predicted octanol–water partition coefficient (Wildman–Crippen LogP) is 2.27. The van der Waals surface area contributed by atoms with Gasteiger partial charge in [0.2, 0.25) is 11.2 Å². The van der Waals surface area contributed by atoms with Crippen molar-refractivity contribution >= 4 is 5.69 Å². The molecule has 1 aliphatic rings. The van der Waals surface area contributed by atoms with Crippen LogP contribution in [0.5, 0.6) is 11.5 Å². The fourth-order valence-corrected chi connectivity index (χ4v) is 3.68. The number of rotatable bonds is 7. The van der Waals surface area contributed by atoms with Crippen molar-refractivity contribution < 1.29 is 23.2 Å². The van der Waals surface area contributed by atoms with Crippen LogP contribution in [0.3, 0.4) is 0 Å². The molecule has 1 aromatic heterocycles. The number of nitrogens with one attached hydrogen (secondary N) is 1. The maximum absolute atomic E-state index is 13.0. The monoisotopic (exact) mass is 425 g/mol. The first-order valence-electron chi connectivity index (χ1n) is 10.3. The van der Waals surface area contributed by atoms with Gasteiger partial charge in [-0.05, 0) is 42.0 Å². The third-order valence-corrected chi connectivity index (χ3v) is 5.49. The van der Waals surface area contributed by atoms with E-state index in [1.807, 2.05) is 12.1 Å². The van der Waals surface area contributed by atoms with E-state index in [1.54, 1.807) is 19.2 Å². The van der Waals surface area contributed by atoms with Gasteiger partial charge in [0.15, 0.2) is 5.76 Å². The number of piperazine rings is 1. The van der Waals surface area contributed by atoms with Crippen molar-refractivity contribution in [3.8, 4) is 11.5 Å². The molecule has 1 saturated heterocycles. The Kier molecular flexibility index (Phi) is 6.52. The lowest BCUT2D eigenvalue weighted by atomic mass is 10.2. The Bertz CT molecular complexity index is 1040. The Hall–Kier alpha value is -3.32. The molecule has 7 heteroatoms. The van der Waals surface area contributed by atoms with Crippen LogP contribution in [0.15, 0.2) is 70.1 Å². The zero-order valence-corrected chi connectivity index (χ0v) is 17.5. The first-order valence-corrected chi connectivity index (χ1v) is 10.3. The summed E-state index contributed by atoms with van der Waals surface area (Å²) >= 11 is 0. The summed E-state index contributed by atoms with van der Waals surface area (Å²) in [6, 6.07) is 15.6. The molecule has 4 rings (SSSR count). The van der Waals surface area contributed by atoms with Gasteiger partial charge in [0, 0.05) is 11.8 Å². The summed E-state index contributed by atoms with van der Waals surface area (Å²) in [5.41, 5.74) is 1.76. The summed E-state index contributed by atoms with van der Waals surface area (Å²) in [6.07, 6.45) is 1.37. The third kappa shape index (κ3) is 5.44. The van der Waals surface area contributed by atoms with Gasteiger partial charge >= 0.3 is 0 Å². The molecule has 1 N–H and O–H groups in total. The van der Waals surface area contributed by atoms with E-state index in [9.17, 15) is 9.18 Å². The van der Waals surface area contributed by atoms with Gasteiger partial charge in [0.1, 0.15) is 31.0 Å². The summed E-state index contributed by atoms with van der Waals surface area (Å²) in [5, 5.41) is 0. The van der Waals surface area contributed by atoms with Crippen LogP contribution in [0.25, 0.3) is 0 Å². The van der Waals surface area contributed by atoms with Crippen LogP contribution < -0.4 is 24.7 Å². The van der Waals surface area contributed by atoms with E-state index < -0.39 is 0 Å². The number of nitrogens with zero attached hydrogens (tertiary/aromatic N) is 1. The second-order valence-electron chi connectivity index (χ2n) is 7.60. The van der Waals surface area contributed by atoms with Crippen LogP contribution in [-0.4, -0.2) is 33.3 Å². The highest BCUT2D eigenvalue weighted by molar-refractivity contribution is 5.49. The van der Waals surface area contributed by atoms with E-state index in [1.165, 1.54) is 35.0 Å². The minimum absolute atomic E-state index is 0.160. The van der Waals surface area contributed by atoms with E-state index in [-0.39, 0.29) is 23.6 Å². The summed E-state index contributed by atoms with van der Waals surface area (Å²) in [5.74, 6) is 1.35. The molecule has 3 aromatic rings. The van der Waals surface area contributed by atoms with Gasteiger partial charge in [-0.25, -0.2) is 4.39 Å².